The van der Waals surface area contributed by atoms with E-state index in [0.29, 0.717) is 0 Å². The van der Waals surface area contributed by atoms with Crippen LogP contribution in [0.3, 0.4) is 0 Å². The van der Waals surface area contributed by atoms with Crippen molar-refractivity contribution in [2.24, 2.45) is 5.92 Å². The third kappa shape index (κ3) is 4.55. The SMILES string of the molecule is CCCCC(CC)CC1(CCCCCl)c2cc(Br)ccc2-c2ccc(Br)cc21. The zero-order valence-corrected chi connectivity index (χ0v) is 21.0. The van der Waals surface area contributed by atoms with Gasteiger partial charge in [0, 0.05) is 20.2 Å². The maximum absolute atomic E-state index is 6.07. The molecule has 0 saturated heterocycles. The van der Waals surface area contributed by atoms with E-state index >= 15 is 0 Å². The molecule has 0 N–H and O–H groups in total. The summed E-state index contributed by atoms with van der Waals surface area (Å²) in [5.41, 5.74) is 5.96. The molecule has 2 aromatic carbocycles. The molecule has 1 unspecified atom stereocenters. The summed E-state index contributed by atoms with van der Waals surface area (Å²) in [5, 5.41) is 0. The van der Waals surface area contributed by atoms with Crippen LogP contribution in [0.1, 0.15) is 76.3 Å². The van der Waals surface area contributed by atoms with Gasteiger partial charge in [-0.25, -0.2) is 0 Å². The van der Waals surface area contributed by atoms with Crippen molar-refractivity contribution in [3.05, 3.63) is 56.5 Å². The Balaban J connectivity index is 2.13. The number of hydrogen-bond donors (Lipinski definition) is 0. The minimum Gasteiger partial charge on any atom is -0.127 e. The molecule has 0 aliphatic heterocycles. The fourth-order valence-corrected chi connectivity index (χ4v) is 5.90. The maximum Gasteiger partial charge on any atom is 0.0223 e. The van der Waals surface area contributed by atoms with Crippen LogP contribution < -0.4 is 0 Å². The van der Waals surface area contributed by atoms with Crippen LogP contribution in [-0.2, 0) is 5.41 Å². The van der Waals surface area contributed by atoms with Gasteiger partial charge in [0.2, 0.25) is 0 Å². The first-order valence-corrected chi connectivity index (χ1v) is 12.8. The number of unbranched alkanes of at least 4 members (excludes halogenated alkanes) is 2. The molecular formula is C25H31Br2Cl. The predicted molar refractivity (Wildman–Crippen MR) is 131 cm³/mol. The van der Waals surface area contributed by atoms with Gasteiger partial charge >= 0.3 is 0 Å². The zero-order chi connectivity index (χ0) is 20.1. The average Bonchev–Trinajstić information content (AvgIpc) is 2.94. The van der Waals surface area contributed by atoms with Crippen molar-refractivity contribution in [1.82, 2.24) is 0 Å². The average molecular weight is 527 g/mol. The van der Waals surface area contributed by atoms with Crippen molar-refractivity contribution in [3.8, 4) is 11.1 Å². The lowest BCUT2D eigenvalue weighted by atomic mass is 9.67. The topological polar surface area (TPSA) is 0 Å². The number of hydrogen-bond acceptors (Lipinski definition) is 0. The molecule has 1 aliphatic rings. The molecule has 0 nitrogen and oxygen atoms in total. The van der Waals surface area contributed by atoms with E-state index in [1.165, 1.54) is 76.1 Å². The highest BCUT2D eigenvalue weighted by molar-refractivity contribution is 9.10. The monoisotopic (exact) mass is 524 g/mol. The second kappa shape index (κ2) is 10.1. The molecule has 0 heterocycles. The number of fused-ring (bicyclic) bond motifs is 3. The Bertz CT molecular complexity index is 748. The molecule has 2 aromatic rings. The molecular weight excluding hydrogens is 496 g/mol. The second-order valence-corrected chi connectivity index (χ2v) is 10.4. The van der Waals surface area contributed by atoms with Crippen molar-refractivity contribution in [2.75, 3.05) is 5.88 Å². The lowest BCUT2D eigenvalue weighted by Gasteiger charge is -2.36. The molecule has 0 saturated carbocycles. The van der Waals surface area contributed by atoms with Crippen LogP contribution >= 0.6 is 43.5 Å². The van der Waals surface area contributed by atoms with Crippen LogP contribution in [0, 0.1) is 5.92 Å². The third-order valence-electron chi connectivity index (χ3n) is 6.45. The Morgan fingerprint density at radius 1 is 0.893 bits per heavy atom. The van der Waals surface area contributed by atoms with Gasteiger partial charge in [-0.3, -0.25) is 0 Å². The van der Waals surface area contributed by atoms with E-state index in [4.69, 9.17) is 11.6 Å². The molecule has 0 bridgehead atoms. The largest absolute Gasteiger partial charge is 0.127 e. The summed E-state index contributed by atoms with van der Waals surface area (Å²) in [6, 6.07) is 13.8. The molecule has 0 fully saturated rings. The molecule has 1 aliphatic carbocycles. The summed E-state index contributed by atoms with van der Waals surface area (Å²) in [7, 11) is 0. The van der Waals surface area contributed by atoms with E-state index in [2.05, 4.69) is 82.1 Å². The van der Waals surface area contributed by atoms with Crippen molar-refractivity contribution in [1.29, 1.82) is 0 Å². The molecule has 0 spiro atoms. The van der Waals surface area contributed by atoms with Crippen LogP contribution in [0.25, 0.3) is 11.1 Å². The summed E-state index contributed by atoms with van der Waals surface area (Å²) in [6.07, 6.45) is 9.86. The molecule has 3 rings (SSSR count). The highest BCUT2D eigenvalue weighted by Crippen LogP contribution is 2.56. The van der Waals surface area contributed by atoms with E-state index in [9.17, 15) is 0 Å². The molecule has 152 valence electrons. The Labute approximate surface area is 192 Å². The molecule has 0 amide bonds. The van der Waals surface area contributed by atoms with Gasteiger partial charge in [0.15, 0.2) is 0 Å². The van der Waals surface area contributed by atoms with Crippen LogP contribution in [0.15, 0.2) is 45.3 Å². The third-order valence-corrected chi connectivity index (χ3v) is 7.71. The van der Waals surface area contributed by atoms with E-state index in [-0.39, 0.29) is 5.41 Å². The zero-order valence-electron chi connectivity index (χ0n) is 17.0. The molecule has 0 aromatic heterocycles. The van der Waals surface area contributed by atoms with Gasteiger partial charge in [-0.1, -0.05) is 89.9 Å². The molecule has 1 atom stereocenters. The maximum atomic E-state index is 6.07. The first kappa shape index (κ1) is 22.4. The molecule has 28 heavy (non-hydrogen) atoms. The lowest BCUT2D eigenvalue weighted by Crippen LogP contribution is -2.29. The van der Waals surface area contributed by atoms with Crippen molar-refractivity contribution >= 4 is 43.5 Å². The normalized spacial score (nSPS) is 15.3. The van der Waals surface area contributed by atoms with Crippen molar-refractivity contribution < 1.29 is 0 Å². The molecule has 0 radical (unpaired) electrons. The van der Waals surface area contributed by atoms with Crippen LogP contribution in [-0.4, -0.2) is 5.88 Å². The lowest BCUT2D eigenvalue weighted by molar-refractivity contribution is 0.313. The van der Waals surface area contributed by atoms with Crippen LogP contribution in [0.5, 0.6) is 0 Å². The van der Waals surface area contributed by atoms with Crippen molar-refractivity contribution in [3.63, 3.8) is 0 Å². The van der Waals surface area contributed by atoms with Crippen molar-refractivity contribution in [2.45, 2.75) is 70.6 Å². The number of alkyl halides is 1. The minimum absolute atomic E-state index is 0.0959. The van der Waals surface area contributed by atoms with Gasteiger partial charge in [-0.15, -0.1) is 11.6 Å². The Kier molecular flexibility index (Phi) is 8.10. The highest BCUT2D eigenvalue weighted by Gasteiger charge is 2.43. The fraction of sp³-hybridized carbons (Fsp3) is 0.520. The standard InChI is InChI=1S/C25H31Br2Cl/c1-3-5-8-18(4-2)17-25(13-6-7-14-28)23-15-19(26)9-11-21(23)22-12-10-20(27)16-24(22)25/h9-12,15-16,18H,3-8,13-14,17H2,1-2H3. The molecule has 3 heteroatoms. The Morgan fingerprint density at radius 2 is 1.50 bits per heavy atom. The number of halogens is 3. The second-order valence-electron chi connectivity index (χ2n) is 8.23. The first-order chi connectivity index (χ1) is 13.6. The van der Waals surface area contributed by atoms with Gasteiger partial charge in [0.25, 0.3) is 0 Å². The quantitative estimate of drug-likeness (QED) is 0.214. The van der Waals surface area contributed by atoms with Gasteiger partial charge in [-0.05, 0) is 71.7 Å². The smallest absolute Gasteiger partial charge is 0.0223 e. The Hall–Kier alpha value is -0.310. The van der Waals surface area contributed by atoms with E-state index < -0.39 is 0 Å². The van der Waals surface area contributed by atoms with Crippen LogP contribution in [0.4, 0.5) is 0 Å². The van der Waals surface area contributed by atoms with E-state index in [0.717, 1.165) is 18.2 Å². The minimum atomic E-state index is 0.0959. The van der Waals surface area contributed by atoms with Gasteiger partial charge in [0.1, 0.15) is 0 Å². The summed E-state index contributed by atoms with van der Waals surface area (Å²) in [6.45, 7) is 4.67. The Morgan fingerprint density at radius 3 is 2.00 bits per heavy atom. The number of rotatable bonds is 10. The van der Waals surface area contributed by atoms with Crippen LogP contribution in [0.2, 0.25) is 0 Å². The van der Waals surface area contributed by atoms with Gasteiger partial charge in [0.05, 0.1) is 0 Å². The summed E-state index contributed by atoms with van der Waals surface area (Å²) in [4.78, 5) is 0. The predicted octanol–water partition coefficient (Wildman–Crippen LogP) is 9.49. The summed E-state index contributed by atoms with van der Waals surface area (Å²) >= 11 is 13.6. The van der Waals surface area contributed by atoms with Gasteiger partial charge in [-0.2, -0.15) is 0 Å². The highest BCUT2D eigenvalue weighted by atomic mass is 79.9. The number of benzene rings is 2. The summed E-state index contributed by atoms with van der Waals surface area (Å²) in [5.74, 6) is 1.51. The first-order valence-electron chi connectivity index (χ1n) is 10.7. The summed E-state index contributed by atoms with van der Waals surface area (Å²) < 4.78 is 2.36. The van der Waals surface area contributed by atoms with E-state index in [1.54, 1.807) is 0 Å². The fourth-order valence-electron chi connectivity index (χ4n) is 4.99. The van der Waals surface area contributed by atoms with E-state index in [1.807, 2.05) is 0 Å². The van der Waals surface area contributed by atoms with Gasteiger partial charge < -0.3 is 0 Å².